The fourth-order valence-electron chi connectivity index (χ4n) is 2.38. The van der Waals surface area contributed by atoms with Crippen LogP contribution in [0.1, 0.15) is 31.7 Å². The molecule has 98 valence electrons. The van der Waals surface area contributed by atoms with E-state index in [1.165, 1.54) is 6.92 Å². The summed E-state index contributed by atoms with van der Waals surface area (Å²) in [6.45, 7) is 3.82. The number of esters is 1. The number of ether oxygens (including phenoxy) is 1. The van der Waals surface area contributed by atoms with Crippen LogP contribution in [0.5, 0.6) is 0 Å². The number of rotatable bonds is 4. The quantitative estimate of drug-likeness (QED) is 0.592. The third-order valence-corrected chi connectivity index (χ3v) is 3.70. The Bertz CT molecular complexity index is 492. The van der Waals surface area contributed by atoms with E-state index in [9.17, 15) is 9.59 Å². The van der Waals surface area contributed by atoms with Crippen molar-refractivity contribution >= 4 is 11.8 Å². The fraction of sp³-hybridized carbons (Fsp3) is 0.615. The number of carbonyl (C=O) groups excluding carboxylic acids is 2. The summed E-state index contributed by atoms with van der Waals surface area (Å²) in [5, 5.41) is 4.34. The minimum Gasteiger partial charge on any atom is -0.465 e. The van der Waals surface area contributed by atoms with Gasteiger partial charge in [-0.3, -0.25) is 14.3 Å². The second-order valence-electron chi connectivity index (χ2n) is 4.81. The van der Waals surface area contributed by atoms with Gasteiger partial charge in [0.15, 0.2) is 0 Å². The summed E-state index contributed by atoms with van der Waals surface area (Å²) in [7, 11) is 1.84. The van der Waals surface area contributed by atoms with Crippen LogP contribution in [0.2, 0.25) is 0 Å². The molecule has 0 aliphatic carbocycles. The Labute approximate surface area is 106 Å². The third-order valence-electron chi connectivity index (χ3n) is 3.70. The first-order valence-electron chi connectivity index (χ1n) is 6.19. The topological polar surface area (TPSA) is 61.2 Å². The van der Waals surface area contributed by atoms with Crippen molar-refractivity contribution in [3.05, 3.63) is 17.5 Å². The number of hydrogen-bond acceptors (Lipinski definition) is 4. The highest BCUT2D eigenvalue weighted by Crippen LogP contribution is 2.35. The number of Topliss-reactive ketones (excluding diaryl/α,β-unsaturated/α-hetero) is 1. The highest BCUT2D eigenvalue weighted by Gasteiger charge is 2.49. The lowest BCUT2D eigenvalue weighted by molar-refractivity contribution is -0.150. The number of aryl methyl sites for hydroxylation is 2. The first-order chi connectivity index (χ1) is 8.49. The lowest BCUT2D eigenvalue weighted by Gasteiger charge is -2.20. The van der Waals surface area contributed by atoms with Crippen LogP contribution >= 0.6 is 0 Å². The first kappa shape index (κ1) is 12.8. The van der Waals surface area contributed by atoms with Gasteiger partial charge in [0.05, 0.1) is 12.3 Å². The summed E-state index contributed by atoms with van der Waals surface area (Å²) in [6.07, 6.45) is 1.68. The molecular weight excluding hydrogens is 232 g/mol. The Morgan fingerprint density at radius 3 is 2.78 bits per heavy atom. The van der Waals surface area contributed by atoms with Crippen LogP contribution in [0.15, 0.2) is 6.07 Å². The van der Waals surface area contributed by atoms with Crippen LogP contribution in [0.25, 0.3) is 0 Å². The molecule has 0 aromatic carbocycles. The van der Waals surface area contributed by atoms with Gasteiger partial charge in [-0.15, -0.1) is 0 Å². The normalized spacial score (nSPS) is 23.2. The van der Waals surface area contributed by atoms with Crippen LogP contribution in [-0.4, -0.2) is 28.1 Å². The van der Waals surface area contributed by atoms with Crippen molar-refractivity contribution in [3.63, 3.8) is 0 Å². The summed E-state index contributed by atoms with van der Waals surface area (Å²) in [6, 6.07) is 1.95. The van der Waals surface area contributed by atoms with Crippen LogP contribution in [0.4, 0.5) is 0 Å². The second kappa shape index (κ2) is 4.55. The van der Waals surface area contributed by atoms with E-state index in [-0.39, 0.29) is 5.78 Å². The summed E-state index contributed by atoms with van der Waals surface area (Å²) in [4.78, 5) is 23.7. The summed E-state index contributed by atoms with van der Waals surface area (Å²) < 4.78 is 6.73. The molecular formula is C13H18N2O3. The zero-order chi connectivity index (χ0) is 13.3. The predicted octanol–water partition coefficient (Wildman–Crippen LogP) is 1.05. The van der Waals surface area contributed by atoms with Crippen LogP contribution in [-0.2, 0) is 34.2 Å². The molecule has 0 saturated carbocycles. The molecule has 18 heavy (non-hydrogen) atoms. The van der Waals surface area contributed by atoms with Crippen LogP contribution in [0, 0.1) is 5.41 Å². The lowest BCUT2D eigenvalue weighted by Crippen LogP contribution is -2.37. The molecule has 1 aromatic rings. The van der Waals surface area contributed by atoms with Crippen molar-refractivity contribution in [3.8, 4) is 0 Å². The molecule has 1 aliphatic heterocycles. The number of hydrogen-bond donors (Lipinski definition) is 0. The van der Waals surface area contributed by atoms with E-state index in [1.807, 2.05) is 20.0 Å². The van der Waals surface area contributed by atoms with Crippen molar-refractivity contribution in [2.24, 2.45) is 12.5 Å². The number of cyclic esters (lactones) is 1. The fourth-order valence-corrected chi connectivity index (χ4v) is 2.38. The molecule has 0 spiro atoms. The molecule has 1 unspecified atom stereocenters. The highest BCUT2D eigenvalue weighted by molar-refractivity contribution is 6.03. The van der Waals surface area contributed by atoms with Gasteiger partial charge in [0.1, 0.15) is 11.2 Å². The standard InChI is InChI=1S/C13H18N2O3/c1-4-10-7-11(15(3)14-10)8-13(9(2)16)5-6-18-12(13)17/h7H,4-6,8H2,1-3H3. The predicted molar refractivity (Wildman–Crippen MR) is 65.0 cm³/mol. The van der Waals surface area contributed by atoms with E-state index in [0.717, 1.165) is 17.8 Å². The minimum absolute atomic E-state index is 0.121. The van der Waals surface area contributed by atoms with Crippen LogP contribution in [0.3, 0.4) is 0 Å². The molecule has 1 atom stereocenters. The Hall–Kier alpha value is -1.65. The first-order valence-corrected chi connectivity index (χ1v) is 6.19. The average Bonchev–Trinajstić information content (AvgIpc) is 2.85. The molecule has 1 aliphatic rings. The van der Waals surface area contributed by atoms with Gasteiger partial charge >= 0.3 is 5.97 Å². The van der Waals surface area contributed by atoms with Gasteiger partial charge in [0, 0.05) is 25.6 Å². The van der Waals surface area contributed by atoms with Gasteiger partial charge in [-0.1, -0.05) is 6.92 Å². The second-order valence-corrected chi connectivity index (χ2v) is 4.81. The van der Waals surface area contributed by atoms with E-state index >= 15 is 0 Å². The van der Waals surface area contributed by atoms with Gasteiger partial charge < -0.3 is 4.74 Å². The van der Waals surface area contributed by atoms with E-state index in [2.05, 4.69) is 5.10 Å². The summed E-state index contributed by atoms with van der Waals surface area (Å²) >= 11 is 0. The maximum absolute atomic E-state index is 11.9. The maximum Gasteiger partial charge on any atom is 0.320 e. The van der Waals surface area contributed by atoms with Gasteiger partial charge in [0.2, 0.25) is 0 Å². The molecule has 2 rings (SSSR count). The molecule has 0 N–H and O–H groups in total. The molecule has 1 aromatic heterocycles. The molecule has 0 amide bonds. The van der Waals surface area contributed by atoms with Gasteiger partial charge in [-0.25, -0.2) is 0 Å². The van der Waals surface area contributed by atoms with E-state index in [0.29, 0.717) is 19.4 Å². The van der Waals surface area contributed by atoms with Crippen molar-refractivity contribution in [1.29, 1.82) is 0 Å². The molecule has 0 radical (unpaired) electrons. The molecule has 2 heterocycles. The Morgan fingerprint density at radius 2 is 2.33 bits per heavy atom. The molecule has 5 nitrogen and oxygen atoms in total. The zero-order valence-electron chi connectivity index (χ0n) is 11.0. The molecule has 1 fully saturated rings. The number of ketones is 1. The van der Waals surface area contributed by atoms with Crippen molar-refractivity contribution in [1.82, 2.24) is 9.78 Å². The van der Waals surface area contributed by atoms with Gasteiger partial charge in [0.25, 0.3) is 0 Å². The summed E-state index contributed by atoms with van der Waals surface area (Å²) in [5.41, 5.74) is 0.872. The lowest BCUT2D eigenvalue weighted by atomic mass is 9.78. The van der Waals surface area contributed by atoms with Gasteiger partial charge in [-0.05, 0) is 19.4 Å². The zero-order valence-corrected chi connectivity index (χ0v) is 11.0. The monoisotopic (exact) mass is 250 g/mol. The SMILES string of the molecule is CCc1cc(CC2(C(C)=O)CCOC2=O)n(C)n1. The Balaban J connectivity index is 2.32. The summed E-state index contributed by atoms with van der Waals surface area (Å²) in [5.74, 6) is -0.515. The van der Waals surface area contributed by atoms with E-state index in [4.69, 9.17) is 4.74 Å². The number of nitrogens with zero attached hydrogens (tertiary/aromatic N) is 2. The average molecular weight is 250 g/mol. The van der Waals surface area contributed by atoms with E-state index < -0.39 is 11.4 Å². The molecule has 0 bridgehead atoms. The largest absolute Gasteiger partial charge is 0.465 e. The van der Waals surface area contributed by atoms with Crippen molar-refractivity contribution < 1.29 is 14.3 Å². The number of carbonyl (C=O) groups is 2. The van der Waals surface area contributed by atoms with E-state index in [1.54, 1.807) is 4.68 Å². The maximum atomic E-state index is 11.9. The van der Waals surface area contributed by atoms with Crippen molar-refractivity contribution in [2.45, 2.75) is 33.1 Å². The molecule has 1 saturated heterocycles. The van der Waals surface area contributed by atoms with Crippen molar-refractivity contribution in [2.75, 3.05) is 6.61 Å². The Kier molecular flexibility index (Phi) is 3.24. The molecule has 5 heteroatoms. The minimum atomic E-state index is -1.00. The smallest absolute Gasteiger partial charge is 0.320 e. The number of aromatic nitrogens is 2. The Morgan fingerprint density at radius 1 is 1.61 bits per heavy atom. The van der Waals surface area contributed by atoms with Gasteiger partial charge in [-0.2, -0.15) is 5.10 Å². The van der Waals surface area contributed by atoms with Crippen LogP contribution < -0.4 is 0 Å². The third kappa shape index (κ3) is 1.94. The highest BCUT2D eigenvalue weighted by atomic mass is 16.5.